The highest BCUT2D eigenvalue weighted by atomic mass is 32.2. The number of fused-ring (bicyclic) bond motifs is 1. The highest BCUT2D eigenvalue weighted by Crippen LogP contribution is 2.45. The lowest BCUT2D eigenvalue weighted by Crippen LogP contribution is -2.28. The predicted octanol–water partition coefficient (Wildman–Crippen LogP) is 5.30. The van der Waals surface area contributed by atoms with Gasteiger partial charge >= 0.3 is 0 Å². The molecule has 0 amide bonds. The Morgan fingerprint density at radius 1 is 1.05 bits per heavy atom. The zero-order valence-electron chi connectivity index (χ0n) is 13.7. The van der Waals surface area contributed by atoms with Crippen LogP contribution in [0, 0.1) is 12.3 Å². The fourth-order valence-electron chi connectivity index (χ4n) is 2.99. The smallest absolute Gasteiger partial charge is 0.0806 e. The maximum atomic E-state index is 13.6. The highest BCUT2D eigenvalue weighted by molar-refractivity contribution is 7.93. The Hall–Kier alpha value is -1.61. The minimum atomic E-state index is -2.41. The molecule has 0 radical (unpaired) electrons. The summed E-state index contributed by atoms with van der Waals surface area (Å²) in [6.45, 7) is 8.69. The van der Waals surface area contributed by atoms with Crippen molar-refractivity contribution in [1.82, 2.24) is 0 Å². The third-order valence-corrected chi connectivity index (χ3v) is 6.67. The first-order valence-electron chi connectivity index (χ1n) is 7.70. The SMILES string of the molecule is Cc1ccc(S2(=O)=Nc3ccccc3[C@H](C(C)(C)C)C2)cc1. The molecule has 0 N–H and O–H groups in total. The molecule has 2 aromatic carbocycles. The topological polar surface area (TPSA) is 29.4 Å². The monoisotopic (exact) mass is 313 g/mol. The molecule has 2 atom stereocenters. The first-order chi connectivity index (χ1) is 10.3. The summed E-state index contributed by atoms with van der Waals surface area (Å²) in [6, 6.07) is 16.1. The maximum Gasteiger partial charge on any atom is 0.0806 e. The fraction of sp³-hybridized carbons (Fsp3) is 0.368. The third kappa shape index (κ3) is 2.70. The van der Waals surface area contributed by atoms with Gasteiger partial charge in [-0.3, -0.25) is 0 Å². The van der Waals surface area contributed by atoms with E-state index in [9.17, 15) is 4.21 Å². The minimum Gasteiger partial charge on any atom is -0.244 e. The molecule has 0 spiro atoms. The van der Waals surface area contributed by atoms with Crippen LogP contribution in [0.5, 0.6) is 0 Å². The second kappa shape index (κ2) is 5.24. The summed E-state index contributed by atoms with van der Waals surface area (Å²) in [6.07, 6.45) is 0. The van der Waals surface area contributed by atoms with Gasteiger partial charge in [0.2, 0.25) is 0 Å². The molecular weight excluding hydrogens is 290 g/mol. The highest BCUT2D eigenvalue weighted by Gasteiger charge is 2.35. The summed E-state index contributed by atoms with van der Waals surface area (Å²) in [5.74, 6) is 0.839. The van der Waals surface area contributed by atoms with Gasteiger partial charge in [0, 0.05) is 16.6 Å². The van der Waals surface area contributed by atoms with E-state index in [1.807, 2.05) is 49.4 Å². The van der Waals surface area contributed by atoms with Gasteiger partial charge in [0.05, 0.1) is 15.4 Å². The van der Waals surface area contributed by atoms with Crippen LogP contribution >= 0.6 is 0 Å². The molecule has 1 unspecified atom stereocenters. The molecule has 0 aromatic heterocycles. The van der Waals surface area contributed by atoms with Gasteiger partial charge in [0.25, 0.3) is 0 Å². The summed E-state index contributed by atoms with van der Waals surface area (Å²) in [5.41, 5.74) is 3.34. The van der Waals surface area contributed by atoms with Gasteiger partial charge in [-0.1, -0.05) is 56.7 Å². The van der Waals surface area contributed by atoms with Crippen molar-refractivity contribution in [2.24, 2.45) is 9.78 Å². The summed E-state index contributed by atoms with van der Waals surface area (Å²) in [5, 5.41) is 0. The molecule has 0 bridgehead atoms. The van der Waals surface area contributed by atoms with Crippen molar-refractivity contribution in [1.29, 1.82) is 0 Å². The molecule has 3 rings (SSSR count). The van der Waals surface area contributed by atoms with Crippen molar-refractivity contribution in [2.45, 2.75) is 38.5 Å². The van der Waals surface area contributed by atoms with Crippen molar-refractivity contribution in [2.75, 3.05) is 5.75 Å². The summed E-state index contributed by atoms with van der Waals surface area (Å²) < 4.78 is 18.2. The average molecular weight is 313 g/mol. The van der Waals surface area contributed by atoms with E-state index in [0.717, 1.165) is 10.6 Å². The number of hydrogen-bond acceptors (Lipinski definition) is 2. The molecule has 1 heterocycles. The van der Waals surface area contributed by atoms with Gasteiger partial charge in [-0.05, 0) is 36.1 Å². The molecule has 22 heavy (non-hydrogen) atoms. The van der Waals surface area contributed by atoms with Crippen molar-refractivity contribution >= 4 is 15.4 Å². The second-order valence-electron chi connectivity index (χ2n) is 7.19. The van der Waals surface area contributed by atoms with Crippen molar-refractivity contribution in [3.63, 3.8) is 0 Å². The lowest BCUT2D eigenvalue weighted by molar-refractivity contribution is 0.341. The Bertz CT molecular complexity index is 806. The Labute approximate surface area is 133 Å². The van der Waals surface area contributed by atoms with Crippen molar-refractivity contribution in [3.05, 3.63) is 59.7 Å². The van der Waals surface area contributed by atoms with E-state index in [1.165, 1.54) is 11.1 Å². The van der Waals surface area contributed by atoms with Crippen LogP contribution in [-0.4, -0.2) is 9.96 Å². The summed E-state index contributed by atoms with van der Waals surface area (Å²) in [7, 11) is -2.41. The van der Waals surface area contributed by atoms with E-state index in [0.29, 0.717) is 5.75 Å². The first-order valence-corrected chi connectivity index (χ1v) is 9.38. The second-order valence-corrected chi connectivity index (χ2v) is 9.46. The molecular formula is C19H23NOS. The lowest BCUT2D eigenvalue weighted by Gasteiger charge is -2.35. The van der Waals surface area contributed by atoms with Crippen molar-refractivity contribution in [3.8, 4) is 0 Å². The van der Waals surface area contributed by atoms with E-state index in [4.69, 9.17) is 0 Å². The Balaban J connectivity index is 2.20. The van der Waals surface area contributed by atoms with Crippen LogP contribution in [-0.2, 0) is 9.73 Å². The molecule has 0 saturated carbocycles. The first kappa shape index (κ1) is 15.3. The number of nitrogens with zero attached hydrogens (tertiary/aromatic N) is 1. The van der Waals surface area contributed by atoms with Gasteiger partial charge in [-0.2, -0.15) is 4.36 Å². The van der Waals surface area contributed by atoms with E-state index in [1.54, 1.807) is 0 Å². The summed E-state index contributed by atoms with van der Waals surface area (Å²) in [4.78, 5) is 0.849. The van der Waals surface area contributed by atoms with Crippen LogP contribution in [0.25, 0.3) is 0 Å². The quantitative estimate of drug-likeness (QED) is 0.702. The van der Waals surface area contributed by atoms with Crippen LogP contribution in [0.3, 0.4) is 0 Å². The van der Waals surface area contributed by atoms with E-state index in [2.05, 4.69) is 31.2 Å². The van der Waals surface area contributed by atoms with Gasteiger partial charge in [0.1, 0.15) is 0 Å². The van der Waals surface area contributed by atoms with Gasteiger partial charge in [0.15, 0.2) is 0 Å². The van der Waals surface area contributed by atoms with E-state index < -0.39 is 9.73 Å². The Morgan fingerprint density at radius 2 is 1.68 bits per heavy atom. The predicted molar refractivity (Wildman–Crippen MR) is 93.2 cm³/mol. The standard InChI is InChI=1S/C19H23NOS/c1-14-9-11-15(12-10-14)22(21)13-17(19(2,3)4)16-7-5-6-8-18(16)20-22/h5-12,17H,13H2,1-4H3/t17-,22?/m1/s1. The van der Waals surface area contributed by atoms with Crippen LogP contribution < -0.4 is 0 Å². The zero-order chi connectivity index (χ0) is 16.0. The molecule has 116 valence electrons. The van der Waals surface area contributed by atoms with Gasteiger partial charge in [-0.25, -0.2) is 4.21 Å². The van der Waals surface area contributed by atoms with Gasteiger partial charge in [-0.15, -0.1) is 0 Å². The summed E-state index contributed by atoms with van der Waals surface area (Å²) >= 11 is 0. The molecule has 2 aromatic rings. The number of hydrogen-bond donors (Lipinski definition) is 0. The zero-order valence-corrected chi connectivity index (χ0v) is 14.5. The number of aryl methyl sites for hydroxylation is 1. The normalized spacial score (nSPS) is 24.5. The Kier molecular flexibility index (Phi) is 3.64. The van der Waals surface area contributed by atoms with E-state index in [-0.39, 0.29) is 11.3 Å². The molecule has 1 aliphatic rings. The molecule has 0 aliphatic carbocycles. The molecule has 3 heteroatoms. The van der Waals surface area contributed by atoms with Crippen LogP contribution in [0.15, 0.2) is 57.8 Å². The van der Waals surface area contributed by atoms with Crippen LogP contribution in [0.2, 0.25) is 0 Å². The van der Waals surface area contributed by atoms with Gasteiger partial charge < -0.3 is 0 Å². The number of rotatable bonds is 1. The lowest BCUT2D eigenvalue weighted by atomic mass is 9.77. The molecule has 1 aliphatic heterocycles. The van der Waals surface area contributed by atoms with Crippen molar-refractivity contribution < 1.29 is 4.21 Å². The third-order valence-electron chi connectivity index (χ3n) is 4.39. The maximum absolute atomic E-state index is 13.6. The molecule has 2 nitrogen and oxygen atoms in total. The largest absolute Gasteiger partial charge is 0.244 e. The fourth-order valence-corrected chi connectivity index (χ4v) is 5.54. The average Bonchev–Trinajstić information content (AvgIpc) is 2.46. The molecule has 0 fully saturated rings. The van der Waals surface area contributed by atoms with Crippen LogP contribution in [0.1, 0.15) is 37.8 Å². The number of benzene rings is 2. The Morgan fingerprint density at radius 3 is 2.32 bits per heavy atom. The van der Waals surface area contributed by atoms with Crippen LogP contribution in [0.4, 0.5) is 5.69 Å². The minimum absolute atomic E-state index is 0.0550. The van der Waals surface area contributed by atoms with E-state index >= 15 is 0 Å². The molecule has 0 saturated heterocycles.